The van der Waals surface area contributed by atoms with Gasteiger partial charge in [-0.25, -0.2) is 0 Å². The molecule has 1 saturated heterocycles. The molecule has 1 fully saturated rings. The van der Waals surface area contributed by atoms with Crippen molar-refractivity contribution in [3.63, 3.8) is 0 Å². The smallest absolute Gasteiger partial charge is 0.254 e. The highest BCUT2D eigenvalue weighted by Crippen LogP contribution is 2.21. The van der Waals surface area contributed by atoms with Crippen molar-refractivity contribution >= 4 is 17.2 Å². The van der Waals surface area contributed by atoms with Gasteiger partial charge in [0.15, 0.2) is 0 Å². The molecular weight excluding hydrogens is 334 g/mol. The molecule has 0 aliphatic carbocycles. The minimum Gasteiger partial charge on any atom is -0.494 e. The van der Waals surface area contributed by atoms with Crippen LogP contribution in [0.1, 0.15) is 41.4 Å². The van der Waals surface area contributed by atoms with Crippen molar-refractivity contribution in [2.75, 3.05) is 19.8 Å². The monoisotopic (exact) mass is 359 g/mol. The molecule has 1 aliphatic heterocycles. The number of carbonyl (C=O) groups excluding carboxylic acids is 1. The van der Waals surface area contributed by atoms with E-state index in [2.05, 4.69) is 13.0 Å². The van der Waals surface area contributed by atoms with Gasteiger partial charge in [-0.1, -0.05) is 19.1 Å². The summed E-state index contributed by atoms with van der Waals surface area (Å²) in [7, 11) is 0. The molecule has 1 atom stereocenters. The van der Waals surface area contributed by atoms with E-state index >= 15 is 0 Å². The number of thiophene rings is 1. The number of hydrogen-bond donors (Lipinski definition) is 0. The Morgan fingerprint density at radius 1 is 1.36 bits per heavy atom. The van der Waals surface area contributed by atoms with E-state index in [-0.39, 0.29) is 12.0 Å². The van der Waals surface area contributed by atoms with Gasteiger partial charge in [0.1, 0.15) is 5.75 Å². The Hall–Kier alpha value is -1.85. The van der Waals surface area contributed by atoms with E-state index in [1.165, 1.54) is 4.88 Å². The summed E-state index contributed by atoms with van der Waals surface area (Å²) in [5.74, 6) is 0.784. The Balaban J connectivity index is 1.75. The van der Waals surface area contributed by atoms with Crippen LogP contribution in [0.4, 0.5) is 0 Å². The minimum atomic E-state index is 0.0332. The zero-order chi connectivity index (χ0) is 17.5. The molecule has 1 unspecified atom stereocenters. The van der Waals surface area contributed by atoms with Crippen molar-refractivity contribution in [3.05, 3.63) is 52.2 Å². The fourth-order valence-electron chi connectivity index (χ4n) is 2.97. The van der Waals surface area contributed by atoms with Crippen LogP contribution in [-0.4, -0.2) is 36.7 Å². The molecule has 4 nitrogen and oxygen atoms in total. The second-order valence-corrected chi connectivity index (χ2v) is 7.31. The van der Waals surface area contributed by atoms with E-state index in [4.69, 9.17) is 9.47 Å². The number of hydrogen-bond acceptors (Lipinski definition) is 4. The van der Waals surface area contributed by atoms with Gasteiger partial charge in [-0.05, 0) is 48.9 Å². The summed E-state index contributed by atoms with van der Waals surface area (Å²) in [4.78, 5) is 16.2. The summed E-state index contributed by atoms with van der Waals surface area (Å²) in [6.07, 6.45) is 3.19. The Morgan fingerprint density at radius 3 is 3.00 bits per heavy atom. The van der Waals surface area contributed by atoms with Crippen LogP contribution >= 0.6 is 11.3 Å². The number of nitrogens with zero attached hydrogens (tertiary/aromatic N) is 1. The standard InChI is InChI=1S/C20H25NO3S/c1-2-10-23-17-7-3-6-16(13-17)20(22)21(14-18-8-4-11-24-18)15-19-9-5-12-25-19/h3,5-7,9,12-13,18H,2,4,8,10-11,14-15H2,1H3. The first-order chi connectivity index (χ1) is 12.3. The van der Waals surface area contributed by atoms with E-state index in [1.54, 1.807) is 11.3 Å². The molecule has 2 aromatic rings. The molecule has 0 bridgehead atoms. The molecule has 0 spiro atoms. The van der Waals surface area contributed by atoms with Crippen LogP contribution < -0.4 is 4.74 Å². The van der Waals surface area contributed by atoms with Crippen LogP contribution in [0.15, 0.2) is 41.8 Å². The van der Waals surface area contributed by atoms with E-state index in [1.807, 2.05) is 40.6 Å². The van der Waals surface area contributed by atoms with Gasteiger partial charge in [-0.3, -0.25) is 4.79 Å². The SMILES string of the molecule is CCCOc1cccc(C(=O)N(Cc2cccs2)CC2CCCO2)c1. The lowest BCUT2D eigenvalue weighted by atomic mass is 10.1. The molecule has 0 saturated carbocycles. The summed E-state index contributed by atoms with van der Waals surface area (Å²) in [5.41, 5.74) is 0.670. The largest absolute Gasteiger partial charge is 0.494 e. The quantitative estimate of drug-likeness (QED) is 0.703. The van der Waals surface area contributed by atoms with Crippen LogP contribution in [0.25, 0.3) is 0 Å². The first kappa shape index (κ1) is 18.0. The molecule has 0 N–H and O–H groups in total. The molecule has 1 aliphatic rings. The van der Waals surface area contributed by atoms with Gasteiger partial charge in [0.25, 0.3) is 5.91 Å². The topological polar surface area (TPSA) is 38.8 Å². The van der Waals surface area contributed by atoms with E-state index in [9.17, 15) is 4.79 Å². The van der Waals surface area contributed by atoms with Crippen LogP contribution in [0.3, 0.4) is 0 Å². The molecule has 25 heavy (non-hydrogen) atoms. The number of carbonyl (C=O) groups is 1. The number of benzene rings is 1. The third-order valence-corrected chi connectivity index (χ3v) is 5.08. The fourth-order valence-corrected chi connectivity index (χ4v) is 3.68. The predicted molar refractivity (Wildman–Crippen MR) is 100 cm³/mol. The van der Waals surface area contributed by atoms with Gasteiger partial charge in [0.2, 0.25) is 0 Å². The number of amides is 1. The normalized spacial score (nSPS) is 16.8. The molecular formula is C20H25NO3S. The fraction of sp³-hybridized carbons (Fsp3) is 0.450. The van der Waals surface area contributed by atoms with Crippen LogP contribution in [0.2, 0.25) is 0 Å². The molecule has 134 valence electrons. The molecule has 3 rings (SSSR count). The van der Waals surface area contributed by atoms with Crippen LogP contribution in [0, 0.1) is 0 Å². The summed E-state index contributed by atoms with van der Waals surface area (Å²) in [5, 5.41) is 2.04. The maximum atomic E-state index is 13.1. The molecule has 0 radical (unpaired) electrons. The third kappa shape index (κ3) is 5.06. The lowest BCUT2D eigenvalue weighted by Crippen LogP contribution is -2.36. The number of ether oxygens (including phenoxy) is 2. The summed E-state index contributed by atoms with van der Waals surface area (Å²) in [6, 6.07) is 11.6. The summed E-state index contributed by atoms with van der Waals surface area (Å²) in [6.45, 7) is 4.78. The van der Waals surface area contributed by atoms with Crippen LogP contribution in [0.5, 0.6) is 5.75 Å². The Labute approximate surface area is 153 Å². The van der Waals surface area contributed by atoms with Crippen molar-refractivity contribution in [3.8, 4) is 5.75 Å². The highest BCUT2D eigenvalue weighted by atomic mass is 32.1. The summed E-state index contributed by atoms with van der Waals surface area (Å²) < 4.78 is 11.4. The maximum Gasteiger partial charge on any atom is 0.254 e. The Bertz CT molecular complexity index is 665. The molecule has 1 amide bonds. The maximum absolute atomic E-state index is 13.1. The second-order valence-electron chi connectivity index (χ2n) is 6.28. The Kier molecular flexibility index (Phi) is 6.48. The first-order valence-corrected chi connectivity index (χ1v) is 9.80. The highest BCUT2D eigenvalue weighted by molar-refractivity contribution is 7.09. The third-order valence-electron chi connectivity index (χ3n) is 4.22. The van der Waals surface area contributed by atoms with E-state index in [0.29, 0.717) is 25.3 Å². The van der Waals surface area contributed by atoms with Gasteiger partial charge < -0.3 is 14.4 Å². The van der Waals surface area contributed by atoms with E-state index in [0.717, 1.165) is 31.6 Å². The predicted octanol–water partition coefficient (Wildman–Crippen LogP) is 4.36. The van der Waals surface area contributed by atoms with Crippen molar-refractivity contribution in [1.29, 1.82) is 0 Å². The second kappa shape index (κ2) is 9.02. The summed E-state index contributed by atoms with van der Waals surface area (Å²) >= 11 is 1.68. The number of rotatable bonds is 8. The lowest BCUT2D eigenvalue weighted by molar-refractivity contribution is 0.0509. The Morgan fingerprint density at radius 2 is 2.28 bits per heavy atom. The van der Waals surface area contributed by atoms with Crippen molar-refractivity contribution in [2.45, 2.75) is 38.8 Å². The van der Waals surface area contributed by atoms with Crippen LogP contribution in [-0.2, 0) is 11.3 Å². The zero-order valence-electron chi connectivity index (χ0n) is 14.6. The zero-order valence-corrected chi connectivity index (χ0v) is 15.5. The first-order valence-electron chi connectivity index (χ1n) is 8.92. The van der Waals surface area contributed by atoms with Gasteiger partial charge in [-0.2, -0.15) is 0 Å². The average Bonchev–Trinajstić information content (AvgIpc) is 3.33. The molecule has 2 heterocycles. The van der Waals surface area contributed by atoms with Crippen molar-refractivity contribution in [2.24, 2.45) is 0 Å². The van der Waals surface area contributed by atoms with Crippen molar-refractivity contribution < 1.29 is 14.3 Å². The molecule has 1 aromatic carbocycles. The lowest BCUT2D eigenvalue weighted by Gasteiger charge is -2.25. The van der Waals surface area contributed by atoms with Crippen molar-refractivity contribution in [1.82, 2.24) is 4.90 Å². The van der Waals surface area contributed by atoms with Gasteiger partial charge in [-0.15, -0.1) is 11.3 Å². The van der Waals surface area contributed by atoms with E-state index < -0.39 is 0 Å². The highest BCUT2D eigenvalue weighted by Gasteiger charge is 2.24. The average molecular weight is 359 g/mol. The van der Waals surface area contributed by atoms with Gasteiger partial charge in [0, 0.05) is 23.6 Å². The molecule has 1 aromatic heterocycles. The van der Waals surface area contributed by atoms with Gasteiger partial charge >= 0.3 is 0 Å². The molecule has 5 heteroatoms. The minimum absolute atomic E-state index is 0.0332. The van der Waals surface area contributed by atoms with Gasteiger partial charge in [0.05, 0.1) is 19.3 Å².